The van der Waals surface area contributed by atoms with Crippen molar-refractivity contribution in [2.24, 2.45) is 11.7 Å². The summed E-state index contributed by atoms with van der Waals surface area (Å²) in [7, 11) is 0. The van der Waals surface area contributed by atoms with Crippen LogP contribution in [0.25, 0.3) is 0 Å². The van der Waals surface area contributed by atoms with E-state index >= 15 is 0 Å². The number of hydrogen-bond acceptors (Lipinski definition) is 3. The van der Waals surface area contributed by atoms with Crippen LogP contribution >= 0.6 is 0 Å². The van der Waals surface area contributed by atoms with Gasteiger partial charge in [0.1, 0.15) is 0 Å². The molecule has 0 aliphatic carbocycles. The molecule has 0 aromatic carbocycles. The maximum atomic E-state index is 5.96. The Hall–Kier alpha value is -0.380. The van der Waals surface area contributed by atoms with Gasteiger partial charge in [0.05, 0.1) is 0 Å². The van der Waals surface area contributed by atoms with Crippen LogP contribution in [-0.2, 0) is 0 Å². The van der Waals surface area contributed by atoms with Gasteiger partial charge < -0.3 is 16.0 Å². The van der Waals surface area contributed by atoms with Crippen LogP contribution in [0.2, 0.25) is 0 Å². The fourth-order valence-electron chi connectivity index (χ4n) is 2.47. The molecule has 0 radical (unpaired) electrons. The molecule has 100 valence electrons. The number of likely N-dealkylation sites (tertiary alicyclic amines) is 1. The molecule has 0 aromatic rings. The predicted octanol–water partition coefficient (Wildman–Crippen LogP) is 1.60. The molecule has 0 aromatic heterocycles. The lowest BCUT2D eigenvalue weighted by molar-refractivity contribution is 0.130. The standard InChI is InChI=1S/C14H29N3/c1-12(2)9-16-14(11-15)5-7-17(8-6-14)10-13(3)4/h13,16H,1,5-11,15H2,2-4H3. The second-order valence-corrected chi connectivity index (χ2v) is 5.99. The lowest BCUT2D eigenvalue weighted by Crippen LogP contribution is -2.58. The van der Waals surface area contributed by atoms with E-state index < -0.39 is 0 Å². The highest BCUT2D eigenvalue weighted by Crippen LogP contribution is 2.22. The molecule has 1 aliphatic rings. The van der Waals surface area contributed by atoms with E-state index in [1.165, 1.54) is 25.2 Å². The van der Waals surface area contributed by atoms with E-state index in [0.29, 0.717) is 0 Å². The third-order valence-corrected chi connectivity index (χ3v) is 3.59. The van der Waals surface area contributed by atoms with E-state index in [1.54, 1.807) is 0 Å². The summed E-state index contributed by atoms with van der Waals surface area (Å²) in [6.07, 6.45) is 2.31. The predicted molar refractivity (Wildman–Crippen MR) is 75.1 cm³/mol. The Morgan fingerprint density at radius 2 is 2.00 bits per heavy atom. The highest BCUT2D eigenvalue weighted by molar-refractivity contribution is 5.00. The molecule has 17 heavy (non-hydrogen) atoms. The van der Waals surface area contributed by atoms with Crippen molar-refractivity contribution in [3.05, 3.63) is 12.2 Å². The van der Waals surface area contributed by atoms with Crippen LogP contribution in [0.4, 0.5) is 0 Å². The Labute approximate surface area is 106 Å². The van der Waals surface area contributed by atoms with Crippen LogP contribution < -0.4 is 11.1 Å². The molecule has 1 saturated heterocycles. The van der Waals surface area contributed by atoms with Gasteiger partial charge in [-0.3, -0.25) is 0 Å². The molecule has 1 rings (SSSR count). The molecule has 3 N–H and O–H groups in total. The van der Waals surface area contributed by atoms with Crippen LogP contribution in [-0.4, -0.2) is 43.2 Å². The first kappa shape index (κ1) is 14.7. The van der Waals surface area contributed by atoms with E-state index in [0.717, 1.165) is 31.8 Å². The van der Waals surface area contributed by atoms with Gasteiger partial charge in [-0.1, -0.05) is 26.0 Å². The molecule has 1 aliphatic heterocycles. The largest absolute Gasteiger partial charge is 0.329 e. The third-order valence-electron chi connectivity index (χ3n) is 3.59. The van der Waals surface area contributed by atoms with Gasteiger partial charge in [0.2, 0.25) is 0 Å². The van der Waals surface area contributed by atoms with E-state index in [9.17, 15) is 0 Å². The first-order valence-corrected chi connectivity index (χ1v) is 6.79. The van der Waals surface area contributed by atoms with Crippen molar-refractivity contribution in [1.29, 1.82) is 0 Å². The van der Waals surface area contributed by atoms with Crippen molar-refractivity contribution in [3.63, 3.8) is 0 Å². The fraction of sp³-hybridized carbons (Fsp3) is 0.857. The second-order valence-electron chi connectivity index (χ2n) is 5.99. The van der Waals surface area contributed by atoms with E-state index in [-0.39, 0.29) is 5.54 Å². The van der Waals surface area contributed by atoms with Crippen molar-refractivity contribution in [1.82, 2.24) is 10.2 Å². The molecule has 0 saturated carbocycles. The molecule has 1 fully saturated rings. The second kappa shape index (κ2) is 6.53. The molecule has 0 spiro atoms. The summed E-state index contributed by atoms with van der Waals surface area (Å²) in [6, 6.07) is 0. The summed E-state index contributed by atoms with van der Waals surface area (Å²) in [5.74, 6) is 0.753. The molecule has 0 bridgehead atoms. The normalized spacial score (nSPS) is 20.8. The maximum absolute atomic E-state index is 5.96. The molecule has 0 atom stereocenters. The Morgan fingerprint density at radius 3 is 2.41 bits per heavy atom. The zero-order valence-corrected chi connectivity index (χ0v) is 11.8. The molecule has 1 heterocycles. The van der Waals surface area contributed by atoms with Gasteiger partial charge in [-0.05, 0) is 38.8 Å². The molecule has 3 heteroatoms. The van der Waals surface area contributed by atoms with E-state index in [2.05, 4.69) is 37.6 Å². The summed E-state index contributed by atoms with van der Waals surface area (Å²) >= 11 is 0. The Morgan fingerprint density at radius 1 is 1.41 bits per heavy atom. The summed E-state index contributed by atoms with van der Waals surface area (Å²) in [6.45, 7) is 15.7. The molecular weight excluding hydrogens is 210 g/mol. The van der Waals surface area contributed by atoms with Gasteiger partial charge in [-0.2, -0.15) is 0 Å². The summed E-state index contributed by atoms with van der Waals surface area (Å²) in [5, 5.41) is 3.61. The number of rotatable bonds is 6. The lowest BCUT2D eigenvalue weighted by Gasteiger charge is -2.42. The molecule has 0 amide bonds. The van der Waals surface area contributed by atoms with Crippen LogP contribution in [0.1, 0.15) is 33.6 Å². The van der Waals surface area contributed by atoms with Crippen molar-refractivity contribution < 1.29 is 0 Å². The van der Waals surface area contributed by atoms with Crippen molar-refractivity contribution >= 4 is 0 Å². The van der Waals surface area contributed by atoms with Crippen molar-refractivity contribution in [3.8, 4) is 0 Å². The number of hydrogen-bond donors (Lipinski definition) is 2. The summed E-state index contributed by atoms with van der Waals surface area (Å²) in [4.78, 5) is 2.56. The third kappa shape index (κ3) is 4.78. The van der Waals surface area contributed by atoms with Gasteiger partial charge >= 0.3 is 0 Å². The molecule has 3 nitrogen and oxygen atoms in total. The fourth-order valence-corrected chi connectivity index (χ4v) is 2.47. The number of nitrogens with zero attached hydrogens (tertiary/aromatic N) is 1. The average Bonchev–Trinajstić information content (AvgIpc) is 2.28. The number of nitrogens with one attached hydrogen (secondary N) is 1. The van der Waals surface area contributed by atoms with Crippen LogP contribution in [0.5, 0.6) is 0 Å². The molecule has 0 unspecified atom stereocenters. The maximum Gasteiger partial charge on any atom is 0.0331 e. The van der Waals surface area contributed by atoms with Crippen LogP contribution in [0.15, 0.2) is 12.2 Å². The number of piperidine rings is 1. The minimum Gasteiger partial charge on any atom is -0.329 e. The van der Waals surface area contributed by atoms with Crippen molar-refractivity contribution in [2.75, 3.05) is 32.7 Å². The van der Waals surface area contributed by atoms with E-state index in [4.69, 9.17) is 5.73 Å². The van der Waals surface area contributed by atoms with Gasteiger partial charge in [0, 0.05) is 25.2 Å². The van der Waals surface area contributed by atoms with Crippen LogP contribution in [0, 0.1) is 5.92 Å². The summed E-state index contributed by atoms with van der Waals surface area (Å²) < 4.78 is 0. The van der Waals surface area contributed by atoms with Gasteiger partial charge in [-0.25, -0.2) is 0 Å². The smallest absolute Gasteiger partial charge is 0.0331 e. The quantitative estimate of drug-likeness (QED) is 0.692. The summed E-state index contributed by atoms with van der Waals surface area (Å²) in [5.41, 5.74) is 7.29. The Balaban J connectivity index is 2.42. The highest BCUT2D eigenvalue weighted by atomic mass is 15.2. The Kier molecular flexibility index (Phi) is 5.63. The monoisotopic (exact) mass is 239 g/mol. The van der Waals surface area contributed by atoms with Gasteiger partial charge in [0.15, 0.2) is 0 Å². The lowest BCUT2D eigenvalue weighted by atomic mass is 9.87. The zero-order chi connectivity index (χ0) is 12.9. The molecular formula is C14H29N3. The first-order chi connectivity index (χ1) is 7.97. The minimum atomic E-state index is 0.145. The topological polar surface area (TPSA) is 41.3 Å². The highest BCUT2D eigenvalue weighted by Gasteiger charge is 2.32. The first-order valence-electron chi connectivity index (χ1n) is 6.79. The zero-order valence-electron chi connectivity index (χ0n) is 11.8. The van der Waals surface area contributed by atoms with E-state index in [1.807, 2.05) is 0 Å². The van der Waals surface area contributed by atoms with Crippen molar-refractivity contribution in [2.45, 2.75) is 39.2 Å². The average molecular weight is 239 g/mol. The Bertz CT molecular complexity index is 240. The SMILES string of the molecule is C=C(C)CNC1(CN)CCN(CC(C)C)CC1. The number of nitrogens with two attached hydrogens (primary N) is 1. The van der Waals surface area contributed by atoms with Gasteiger partial charge in [-0.15, -0.1) is 0 Å². The van der Waals surface area contributed by atoms with Gasteiger partial charge in [0.25, 0.3) is 0 Å². The van der Waals surface area contributed by atoms with Crippen LogP contribution in [0.3, 0.4) is 0 Å². The minimum absolute atomic E-state index is 0.145.